The minimum absolute atomic E-state index is 0.145. The van der Waals surface area contributed by atoms with Gasteiger partial charge in [0.15, 0.2) is 11.8 Å². The summed E-state index contributed by atoms with van der Waals surface area (Å²) in [6.45, 7) is 5.94. The van der Waals surface area contributed by atoms with Gasteiger partial charge in [0, 0.05) is 18.3 Å². The summed E-state index contributed by atoms with van der Waals surface area (Å²) >= 11 is 6.18. The van der Waals surface area contributed by atoms with Gasteiger partial charge in [0.2, 0.25) is 10.0 Å². The Bertz CT molecular complexity index is 1290. The fourth-order valence-corrected chi connectivity index (χ4v) is 7.11. The maximum Gasteiger partial charge on any atom is 0.211 e. The van der Waals surface area contributed by atoms with Gasteiger partial charge in [-0.3, -0.25) is 0 Å². The molecule has 192 valence electrons. The summed E-state index contributed by atoms with van der Waals surface area (Å²) in [7, 11) is -3.12. The molecular formula is C23H32ClFN6O3S. The van der Waals surface area contributed by atoms with Crippen LogP contribution in [0.4, 0.5) is 4.39 Å². The number of rotatable bonds is 3. The van der Waals surface area contributed by atoms with E-state index in [4.69, 9.17) is 17.3 Å². The molecule has 0 aliphatic carbocycles. The standard InChI is InChI=1S/C15H17ClFN5.C8H15NO3S/c1-7(2)22-8(3)20-14-11(17)4-9(5-12(14)22)13-10(16)6-19-15(18)21-13;1-13(11,12)9-6-2-4-7(9)8(10)5-3-6/h4-7,13H,1-3H3,(H3,18,19,21);6-8,10H,2-5H2,1H3. The van der Waals surface area contributed by atoms with Gasteiger partial charge < -0.3 is 20.7 Å². The third kappa shape index (κ3) is 5.04. The van der Waals surface area contributed by atoms with Gasteiger partial charge in [-0.15, -0.1) is 0 Å². The van der Waals surface area contributed by atoms with E-state index < -0.39 is 22.2 Å². The molecule has 5 rings (SSSR count). The van der Waals surface area contributed by atoms with Crippen molar-refractivity contribution in [2.75, 3.05) is 6.26 Å². The highest BCUT2D eigenvalue weighted by Gasteiger charge is 2.46. The average Bonchev–Trinajstić information content (AvgIpc) is 3.30. The lowest BCUT2D eigenvalue weighted by Crippen LogP contribution is -2.49. The van der Waals surface area contributed by atoms with Crippen molar-refractivity contribution in [2.45, 2.75) is 76.7 Å². The number of fused-ring (bicyclic) bond motifs is 3. The number of nitrogens with one attached hydrogen (secondary N) is 1. The van der Waals surface area contributed by atoms with Crippen LogP contribution in [-0.4, -0.2) is 57.8 Å². The minimum atomic E-state index is -3.12. The summed E-state index contributed by atoms with van der Waals surface area (Å²) in [6, 6.07) is 2.98. The number of nitrogens with zero attached hydrogens (tertiary/aromatic N) is 4. The molecule has 2 aromatic rings. The first-order valence-electron chi connectivity index (χ1n) is 11.7. The number of piperidine rings is 1. The normalized spacial score (nSPS) is 26.7. The lowest BCUT2D eigenvalue weighted by Gasteiger charge is -2.35. The fourth-order valence-electron chi connectivity index (χ4n) is 5.39. The third-order valence-electron chi connectivity index (χ3n) is 6.77. The number of sulfonamides is 1. The number of hydrogen-bond donors (Lipinski definition) is 3. The van der Waals surface area contributed by atoms with Gasteiger partial charge in [0.25, 0.3) is 0 Å². The van der Waals surface area contributed by atoms with Crippen LogP contribution in [0.25, 0.3) is 11.0 Å². The number of nitrogens with two attached hydrogens (primary N) is 1. The van der Waals surface area contributed by atoms with Crippen molar-refractivity contribution in [3.63, 3.8) is 0 Å². The predicted octanol–water partition coefficient (Wildman–Crippen LogP) is 3.04. The molecule has 3 aliphatic heterocycles. The van der Waals surface area contributed by atoms with Crippen LogP contribution < -0.4 is 11.1 Å². The van der Waals surface area contributed by atoms with E-state index in [-0.39, 0.29) is 29.9 Å². The summed E-state index contributed by atoms with van der Waals surface area (Å²) in [5.74, 6) is 0.645. The van der Waals surface area contributed by atoms with Crippen molar-refractivity contribution in [2.24, 2.45) is 10.7 Å². The summed E-state index contributed by atoms with van der Waals surface area (Å²) in [4.78, 5) is 8.57. The molecule has 9 nitrogen and oxygen atoms in total. The van der Waals surface area contributed by atoms with E-state index in [2.05, 4.69) is 15.3 Å². The highest BCUT2D eigenvalue weighted by atomic mass is 35.5. The zero-order valence-electron chi connectivity index (χ0n) is 20.2. The van der Waals surface area contributed by atoms with Crippen LogP contribution in [-0.2, 0) is 10.0 Å². The average molecular weight is 527 g/mol. The van der Waals surface area contributed by atoms with Crippen molar-refractivity contribution in [3.8, 4) is 0 Å². The largest absolute Gasteiger partial charge is 0.391 e. The number of aliphatic hydroxyl groups excluding tert-OH is 1. The number of aliphatic imine (C=N–C) groups is 1. The molecule has 2 fully saturated rings. The summed E-state index contributed by atoms with van der Waals surface area (Å²) < 4.78 is 40.8. The Morgan fingerprint density at radius 1 is 1.26 bits per heavy atom. The molecule has 0 amide bonds. The highest BCUT2D eigenvalue weighted by Crippen LogP contribution is 2.37. The molecule has 4 unspecified atom stereocenters. The quantitative estimate of drug-likeness (QED) is 0.564. The van der Waals surface area contributed by atoms with Gasteiger partial charge >= 0.3 is 0 Å². The first-order valence-corrected chi connectivity index (χ1v) is 13.9. The van der Waals surface area contributed by atoms with Crippen molar-refractivity contribution in [3.05, 3.63) is 40.6 Å². The minimum Gasteiger partial charge on any atom is -0.391 e. The van der Waals surface area contributed by atoms with Crippen LogP contribution in [0.3, 0.4) is 0 Å². The van der Waals surface area contributed by atoms with Crippen LogP contribution in [0.5, 0.6) is 0 Å². The molecule has 1 aromatic carbocycles. The molecule has 0 saturated carbocycles. The van der Waals surface area contributed by atoms with Crippen LogP contribution in [0.1, 0.15) is 63.0 Å². The lowest BCUT2D eigenvalue weighted by molar-refractivity contribution is 0.0586. The Hall–Kier alpha value is -2.21. The van der Waals surface area contributed by atoms with Gasteiger partial charge in [-0.2, -0.15) is 4.31 Å². The Morgan fingerprint density at radius 3 is 2.57 bits per heavy atom. The number of imidazole rings is 1. The molecule has 0 spiro atoms. The lowest BCUT2D eigenvalue weighted by atomic mass is 10.0. The Balaban J connectivity index is 0.000000189. The molecule has 4 heterocycles. The van der Waals surface area contributed by atoms with Gasteiger partial charge in [-0.25, -0.2) is 22.8 Å². The number of aromatic nitrogens is 2. The van der Waals surface area contributed by atoms with Crippen molar-refractivity contribution < 1.29 is 17.9 Å². The second-order valence-electron chi connectivity index (χ2n) is 9.62. The summed E-state index contributed by atoms with van der Waals surface area (Å²) in [6.07, 6.45) is 5.64. The molecule has 4 atom stereocenters. The molecule has 35 heavy (non-hydrogen) atoms. The number of hydrogen-bond acceptors (Lipinski definition) is 7. The van der Waals surface area contributed by atoms with Crippen LogP contribution >= 0.6 is 11.6 Å². The highest BCUT2D eigenvalue weighted by molar-refractivity contribution is 7.88. The SMILES string of the molecule is CS(=O)(=O)N1C2CCC(O)C1CC2.Cc1nc2c(F)cc(C3N=C(N)NC=C3Cl)cc2n1C(C)C. The third-order valence-corrected chi connectivity index (χ3v) is 8.42. The molecule has 1 aromatic heterocycles. The predicted molar refractivity (Wildman–Crippen MR) is 135 cm³/mol. The van der Waals surface area contributed by atoms with Gasteiger partial charge in [-0.1, -0.05) is 11.6 Å². The van der Waals surface area contributed by atoms with E-state index >= 15 is 0 Å². The number of guanidine groups is 1. The second-order valence-corrected chi connectivity index (χ2v) is 11.9. The maximum absolute atomic E-state index is 14.4. The van der Waals surface area contributed by atoms with Gasteiger partial charge in [0.1, 0.15) is 17.4 Å². The second kappa shape index (κ2) is 9.68. The van der Waals surface area contributed by atoms with Gasteiger partial charge in [0.05, 0.1) is 29.0 Å². The smallest absolute Gasteiger partial charge is 0.211 e. The first kappa shape index (κ1) is 25.9. The van der Waals surface area contributed by atoms with E-state index in [0.717, 1.165) is 37.0 Å². The number of aryl methyl sites for hydroxylation is 1. The zero-order valence-corrected chi connectivity index (χ0v) is 21.8. The van der Waals surface area contributed by atoms with E-state index in [1.54, 1.807) is 6.20 Å². The monoisotopic (exact) mass is 526 g/mol. The Labute approximate surface area is 209 Å². The summed E-state index contributed by atoms with van der Waals surface area (Å²) in [5.41, 5.74) is 7.43. The van der Waals surface area contributed by atoms with E-state index in [0.29, 0.717) is 16.1 Å². The van der Waals surface area contributed by atoms with E-state index in [9.17, 15) is 17.9 Å². The molecule has 0 radical (unpaired) electrons. The fraction of sp³-hybridized carbons (Fsp3) is 0.565. The number of benzene rings is 1. The van der Waals surface area contributed by atoms with Crippen molar-refractivity contribution in [1.82, 2.24) is 19.2 Å². The zero-order chi connectivity index (χ0) is 25.7. The van der Waals surface area contributed by atoms with Crippen molar-refractivity contribution >= 4 is 38.6 Å². The van der Waals surface area contributed by atoms with E-state index in [1.165, 1.54) is 16.6 Å². The summed E-state index contributed by atoms with van der Waals surface area (Å²) in [5, 5.41) is 12.8. The molecule has 12 heteroatoms. The van der Waals surface area contributed by atoms with Crippen LogP contribution in [0, 0.1) is 12.7 Å². The van der Waals surface area contributed by atoms with Gasteiger partial charge in [-0.05, 0) is 64.2 Å². The maximum atomic E-state index is 14.4. The molecule has 4 N–H and O–H groups in total. The first-order chi connectivity index (χ1) is 16.4. The van der Waals surface area contributed by atoms with E-state index in [1.807, 2.05) is 31.4 Å². The Morgan fingerprint density at radius 2 is 1.94 bits per heavy atom. The molecule has 2 saturated heterocycles. The molecule has 3 aliphatic rings. The number of aliphatic hydroxyl groups is 1. The molecular weight excluding hydrogens is 495 g/mol. The topological polar surface area (TPSA) is 126 Å². The van der Waals surface area contributed by atoms with Crippen LogP contribution in [0.15, 0.2) is 28.4 Å². The molecule has 2 bridgehead atoms. The Kier molecular flexibility index (Phi) is 7.16. The number of halogens is 2. The van der Waals surface area contributed by atoms with Crippen molar-refractivity contribution in [1.29, 1.82) is 0 Å². The van der Waals surface area contributed by atoms with Crippen LogP contribution in [0.2, 0.25) is 0 Å².